The van der Waals surface area contributed by atoms with Gasteiger partial charge in [0.05, 0.1) is 17.9 Å². The first-order valence-electron chi connectivity index (χ1n) is 9.53. The topological polar surface area (TPSA) is 62.3 Å². The van der Waals surface area contributed by atoms with Crippen LogP contribution in [0.4, 0.5) is 5.69 Å². The number of thiazole rings is 1. The zero-order valence-electron chi connectivity index (χ0n) is 17.8. The van der Waals surface area contributed by atoms with E-state index in [9.17, 15) is 9.59 Å². The van der Waals surface area contributed by atoms with Crippen molar-refractivity contribution < 1.29 is 9.59 Å². The largest absolute Gasteiger partial charge is 0.332 e. The second-order valence-corrected chi connectivity index (χ2v) is 9.01. The highest BCUT2D eigenvalue weighted by atomic mass is 32.2. The molecule has 0 saturated heterocycles. The van der Waals surface area contributed by atoms with E-state index in [1.54, 1.807) is 18.8 Å². The Morgan fingerprint density at radius 3 is 2.57 bits per heavy atom. The molecule has 0 bridgehead atoms. The number of carbonyl (C=O) groups is 2. The van der Waals surface area contributed by atoms with Gasteiger partial charge in [-0.25, -0.2) is 4.98 Å². The number of benzene rings is 2. The summed E-state index contributed by atoms with van der Waals surface area (Å²) in [4.78, 5) is 33.0. The van der Waals surface area contributed by atoms with E-state index in [0.29, 0.717) is 10.6 Å². The molecule has 1 N–H and O–H groups in total. The quantitative estimate of drug-likeness (QED) is 0.539. The minimum atomic E-state index is -0.232. The van der Waals surface area contributed by atoms with Gasteiger partial charge in [-0.3, -0.25) is 9.59 Å². The Morgan fingerprint density at radius 2 is 1.87 bits per heavy atom. The van der Waals surface area contributed by atoms with Crippen LogP contribution in [0, 0.1) is 20.8 Å². The number of carbonyl (C=O) groups excluding carboxylic acids is 2. The molecule has 0 spiro atoms. The summed E-state index contributed by atoms with van der Waals surface area (Å²) < 4.78 is 0. The minimum absolute atomic E-state index is 0.0300. The first-order valence-corrected chi connectivity index (χ1v) is 11.6. The highest BCUT2D eigenvalue weighted by molar-refractivity contribution is 7.98. The van der Waals surface area contributed by atoms with Crippen molar-refractivity contribution >= 4 is 40.6 Å². The molecule has 0 aliphatic carbocycles. The van der Waals surface area contributed by atoms with Crippen LogP contribution in [0.3, 0.4) is 0 Å². The summed E-state index contributed by atoms with van der Waals surface area (Å²) in [6.45, 7) is 5.90. The zero-order chi connectivity index (χ0) is 21.8. The highest BCUT2D eigenvalue weighted by Gasteiger charge is 2.22. The summed E-state index contributed by atoms with van der Waals surface area (Å²) in [5.74, 6) is -0.432. The van der Waals surface area contributed by atoms with Gasteiger partial charge in [0.2, 0.25) is 5.91 Å². The molecule has 156 valence electrons. The van der Waals surface area contributed by atoms with E-state index in [4.69, 9.17) is 0 Å². The molecular weight excluding hydrogens is 414 g/mol. The summed E-state index contributed by atoms with van der Waals surface area (Å²) in [6, 6.07) is 13.8. The fourth-order valence-corrected chi connectivity index (χ4v) is 4.87. The average Bonchev–Trinajstić information content (AvgIpc) is 3.08. The minimum Gasteiger partial charge on any atom is -0.332 e. The second kappa shape index (κ2) is 9.45. The number of thioether (sulfide) groups is 1. The van der Waals surface area contributed by atoms with Gasteiger partial charge in [-0.15, -0.1) is 23.1 Å². The standard InChI is InChI=1S/C23H25N3O2S2/c1-14-10-11-17(15(2)12-14)22-24-16(3)21(30-22)23(28)26(4)13-20(27)25-18-8-6-7-9-19(18)29-5/h6-12H,13H2,1-5H3,(H,25,27). The van der Waals surface area contributed by atoms with E-state index in [1.165, 1.54) is 21.8 Å². The summed E-state index contributed by atoms with van der Waals surface area (Å²) in [5.41, 5.74) is 4.78. The Morgan fingerprint density at radius 1 is 1.13 bits per heavy atom. The molecular formula is C23H25N3O2S2. The van der Waals surface area contributed by atoms with Crippen molar-refractivity contribution in [3.8, 4) is 10.6 Å². The third-order valence-electron chi connectivity index (χ3n) is 4.71. The molecule has 0 aliphatic heterocycles. The molecule has 0 unspecified atom stereocenters. The number of hydrogen-bond donors (Lipinski definition) is 1. The molecule has 2 amide bonds. The number of aryl methyl sites for hydroxylation is 3. The van der Waals surface area contributed by atoms with Crippen LogP contribution in [0.2, 0.25) is 0 Å². The van der Waals surface area contributed by atoms with E-state index in [1.807, 2.05) is 56.5 Å². The first kappa shape index (κ1) is 22.1. The van der Waals surface area contributed by atoms with Crippen molar-refractivity contribution in [2.75, 3.05) is 25.2 Å². The number of aromatic nitrogens is 1. The Bertz CT molecular complexity index is 1090. The van der Waals surface area contributed by atoms with Crippen LogP contribution in [0.1, 0.15) is 26.5 Å². The van der Waals surface area contributed by atoms with Crippen molar-refractivity contribution in [2.45, 2.75) is 25.7 Å². The lowest BCUT2D eigenvalue weighted by Crippen LogP contribution is -2.34. The van der Waals surface area contributed by atoms with Gasteiger partial charge < -0.3 is 10.2 Å². The number of hydrogen-bond acceptors (Lipinski definition) is 5. The number of nitrogens with zero attached hydrogens (tertiary/aromatic N) is 2. The molecule has 0 atom stereocenters. The van der Waals surface area contributed by atoms with Crippen LogP contribution in [-0.2, 0) is 4.79 Å². The van der Waals surface area contributed by atoms with Gasteiger partial charge in [-0.2, -0.15) is 0 Å². The highest BCUT2D eigenvalue weighted by Crippen LogP contribution is 2.31. The number of likely N-dealkylation sites (N-methyl/N-ethyl adjacent to an activating group) is 1. The van der Waals surface area contributed by atoms with Crippen molar-refractivity contribution in [3.63, 3.8) is 0 Å². The number of para-hydroxylation sites is 1. The fourth-order valence-electron chi connectivity index (χ4n) is 3.16. The molecule has 1 heterocycles. The van der Waals surface area contributed by atoms with Crippen molar-refractivity contribution in [1.82, 2.24) is 9.88 Å². The molecule has 2 aromatic carbocycles. The lowest BCUT2D eigenvalue weighted by atomic mass is 10.1. The molecule has 0 aliphatic rings. The summed E-state index contributed by atoms with van der Waals surface area (Å²) in [6.07, 6.45) is 1.96. The molecule has 3 aromatic rings. The van der Waals surface area contributed by atoms with E-state index in [-0.39, 0.29) is 18.4 Å². The maximum Gasteiger partial charge on any atom is 0.266 e. The lowest BCUT2D eigenvalue weighted by Gasteiger charge is -2.17. The van der Waals surface area contributed by atoms with Crippen LogP contribution in [0.25, 0.3) is 10.6 Å². The van der Waals surface area contributed by atoms with Crippen LogP contribution < -0.4 is 5.32 Å². The van der Waals surface area contributed by atoms with Gasteiger partial charge in [0.1, 0.15) is 9.88 Å². The Labute approximate surface area is 185 Å². The van der Waals surface area contributed by atoms with E-state index < -0.39 is 0 Å². The summed E-state index contributed by atoms with van der Waals surface area (Å²) in [5, 5.41) is 3.71. The molecule has 1 aromatic heterocycles. The van der Waals surface area contributed by atoms with Gasteiger partial charge in [-0.05, 0) is 44.7 Å². The van der Waals surface area contributed by atoms with Crippen molar-refractivity contribution in [2.24, 2.45) is 0 Å². The number of amides is 2. The molecule has 0 radical (unpaired) electrons. The van der Waals surface area contributed by atoms with Gasteiger partial charge in [-0.1, -0.05) is 35.9 Å². The monoisotopic (exact) mass is 439 g/mol. The SMILES string of the molecule is CSc1ccccc1NC(=O)CN(C)C(=O)c1sc(-c2ccc(C)cc2C)nc1C. The molecule has 0 fully saturated rings. The molecule has 30 heavy (non-hydrogen) atoms. The van der Waals surface area contributed by atoms with Gasteiger partial charge >= 0.3 is 0 Å². The number of rotatable bonds is 6. The van der Waals surface area contributed by atoms with Crippen LogP contribution >= 0.6 is 23.1 Å². The Kier molecular flexibility index (Phi) is 6.95. The van der Waals surface area contributed by atoms with Gasteiger partial charge in [0.25, 0.3) is 5.91 Å². The fraction of sp³-hybridized carbons (Fsp3) is 0.261. The Balaban J connectivity index is 1.73. The molecule has 7 heteroatoms. The number of anilines is 1. The van der Waals surface area contributed by atoms with Crippen molar-refractivity contribution in [1.29, 1.82) is 0 Å². The van der Waals surface area contributed by atoms with Crippen LogP contribution in [0.5, 0.6) is 0 Å². The smallest absolute Gasteiger partial charge is 0.266 e. The van der Waals surface area contributed by atoms with E-state index >= 15 is 0 Å². The van der Waals surface area contributed by atoms with Crippen LogP contribution in [0.15, 0.2) is 47.4 Å². The maximum absolute atomic E-state index is 13.0. The third kappa shape index (κ3) is 4.91. The Hall–Kier alpha value is -2.64. The second-order valence-electron chi connectivity index (χ2n) is 7.16. The molecule has 3 rings (SSSR count). The van der Waals surface area contributed by atoms with Gasteiger partial charge in [0, 0.05) is 17.5 Å². The van der Waals surface area contributed by atoms with Crippen LogP contribution in [-0.4, -0.2) is 41.5 Å². The van der Waals surface area contributed by atoms with Gasteiger partial charge in [0.15, 0.2) is 0 Å². The normalized spacial score (nSPS) is 10.7. The summed E-state index contributed by atoms with van der Waals surface area (Å²) >= 11 is 2.93. The van der Waals surface area contributed by atoms with E-state index in [2.05, 4.69) is 23.3 Å². The number of nitrogens with one attached hydrogen (secondary N) is 1. The van der Waals surface area contributed by atoms with Crippen molar-refractivity contribution in [3.05, 3.63) is 64.2 Å². The third-order valence-corrected chi connectivity index (χ3v) is 6.69. The molecule has 0 saturated carbocycles. The zero-order valence-corrected chi connectivity index (χ0v) is 19.4. The first-order chi connectivity index (χ1) is 14.3. The van der Waals surface area contributed by atoms with E-state index in [0.717, 1.165) is 26.7 Å². The predicted octanol–water partition coefficient (Wildman–Crippen LogP) is 5.17. The maximum atomic E-state index is 13.0. The summed E-state index contributed by atoms with van der Waals surface area (Å²) in [7, 11) is 1.64. The predicted molar refractivity (Wildman–Crippen MR) is 126 cm³/mol. The lowest BCUT2D eigenvalue weighted by molar-refractivity contribution is -0.116. The molecule has 5 nitrogen and oxygen atoms in total. The average molecular weight is 440 g/mol.